The first kappa shape index (κ1) is 11.2. The molecule has 1 aromatic heterocycles. The van der Waals surface area contributed by atoms with Gasteiger partial charge in [-0.25, -0.2) is 0 Å². The molecule has 2 N–H and O–H groups in total. The van der Waals surface area contributed by atoms with Gasteiger partial charge in [-0.3, -0.25) is 0 Å². The lowest BCUT2D eigenvalue weighted by Crippen LogP contribution is -2.56. The predicted molar refractivity (Wildman–Crippen MR) is 67.2 cm³/mol. The van der Waals surface area contributed by atoms with E-state index < -0.39 is 0 Å². The Morgan fingerprint density at radius 1 is 1.33 bits per heavy atom. The van der Waals surface area contributed by atoms with Crippen LogP contribution >= 0.6 is 11.3 Å². The maximum Gasteiger partial charge on any atom is 0.0254 e. The van der Waals surface area contributed by atoms with E-state index in [0.29, 0.717) is 0 Å². The molecule has 1 heterocycles. The summed E-state index contributed by atoms with van der Waals surface area (Å²) < 4.78 is 0. The molecule has 0 bridgehead atoms. The molecule has 0 aliphatic heterocycles. The summed E-state index contributed by atoms with van der Waals surface area (Å²) in [6, 6.07) is 4.34. The maximum absolute atomic E-state index is 6.63. The van der Waals surface area contributed by atoms with Crippen molar-refractivity contribution in [3.05, 3.63) is 22.4 Å². The second-order valence-electron chi connectivity index (χ2n) is 5.50. The lowest BCUT2D eigenvalue weighted by molar-refractivity contribution is 0.0998. The molecular formula is C13H21NS. The van der Waals surface area contributed by atoms with Crippen LogP contribution in [-0.4, -0.2) is 5.54 Å². The Bertz CT molecular complexity index is 315. The third kappa shape index (κ3) is 2.11. The fraction of sp³-hybridized carbons (Fsp3) is 0.692. The zero-order valence-electron chi connectivity index (χ0n) is 9.75. The maximum atomic E-state index is 6.63. The average Bonchev–Trinajstić information content (AvgIpc) is 2.63. The Morgan fingerprint density at radius 2 is 2.07 bits per heavy atom. The van der Waals surface area contributed by atoms with Crippen LogP contribution in [0.2, 0.25) is 0 Å². The first-order chi connectivity index (χ1) is 7.04. The summed E-state index contributed by atoms with van der Waals surface area (Å²) in [5, 5.41) is 2.15. The van der Waals surface area contributed by atoms with E-state index in [2.05, 4.69) is 31.4 Å². The fourth-order valence-electron chi connectivity index (χ4n) is 2.65. The van der Waals surface area contributed by atoms with Crippen molar-refractivity contribution in [1.82, 2.24) is 0 Å². The summed E-state index contributed by atoms with van der Waals surface area (Å²) in [6.45, 7) is 4.67. The Morgan fingerprint density at radius 3 is 2.67 bits per heavy atom. The first-order valence-corrected chi connectivity index (χ1v) is 6.73. The molecule has 0 aromatic carbocycles. The lowest BCUT2D eigenvalue weighted by atomic mass is 9.62. The van der Waals surface area contributed by atoms with E-state index in [0.717, 1.165) is 6.42 Å². The monoisotopic (exact) mass is 223 g/mol. The van der Waals surface area contributed by atoms with Crippen molar-refractivity contribution < 1.29 is 0 Å². The van der Waals surface area contributed by atoms with E-state index in [9.17, 15) is 0 Å². The average molecular weight is 223 g/mol. The summed E-state index contributed by atoms with van der Waals surface area (Å²) in [5.41, 5.74) is 6.93. The van der Waals surface area contributed by atoms with Gasteiger partial charge in [-0.1, -0.05) is 32.8 Å². The van der Waals surface area contributed by atoms with Crippen molar-refractivity contribution in [2.75, 3.05) is 0 Å². The molecule has 2 heteroatoms. The van der Waals surface area contributed by atoms with Crippen LogP contribution in [0.1, 0.15) is 44.4 Å². The molecule has 1 aromatic rings. The Kier molecular flexibility index (Phi) is 2.91. The number of hydrogen-bond acceptors (Lipinski definition) is 2. The van der Waals surface area contributed by atoms with E-state index in [-0.39, 0.29) is 11.0 Å². The number of rotatable bonds is 2. The van der Waals surface area contributed by atoms with Gasteiger partial charge >= 0.3 is 0 Å². The normalized spacial score (nSPS) is 30.3. The molecule has 84 valence electrons. The second kappa shape index (κ2) is 3.91. The second-order valence-corrected chi connectivity index (χ2v) is 6.54. The van der Waals surface area contributed by atoms with Crippen LogP contribution in [0.25, 0.3) is 0 Å². The molecule has 1 nitrogen and oxygen atoms in total. The largest absolute Gasteiger partial charge is 0.324 e. The van der Waals surface area contributed by atoms with Gasteiger partial charge in [0.05, 0.1) is 0 Å². The van der Waals surface area contributed by atoms with Crippen LogP contribution in [0, 0.1) is 5.41 Å². The Balaban J connectivity index is 2.17. The van der Waals surface area contributed by atoms with E-state index in [1.54, 1.807) is 0 Å². The van der Waals surface area contributed by atoms with Crippen LogP contribution in [0.4, 0.5) is 0 Å². The number of hydrogen-bond donors (Lipinski definition) is 1. The van der Waals surface area contributed by atoms with Crippen LogP contribution in [0.15, 0.2) is 17.5 Å². The molecule has 0 spiro atoms. The quantitative estimate of drug-likeness (QED) is 0.814. The molecule has 2 rings (SSSR count). The highest BCUT2D eigenvalue weighted by Gasteiger charge is 2.43. The van der Waals surface area contributed by atoms with Crippen molar-refractivity contribution in [1.29, 1.82) is 0 Å². The van der Waals surface area contributed by atoms with Crippen LogP contribution in [-0.2, 0) is 6.42 Å². The fourth-order valence-corrected chi connectivity index (χ4v) is 3.48. The van der Waals surface area contributed by atoms with E-state index in [1.807, 2.05) is 11.3 Å². The van der Waals surface area contributed by atoms with Crippen LogP contribution < -0.4 is 5.73 Å². The summed E-state index contributed by atoms with van der Waals surface area (Å²) in [7, 11) is 0. The smallest absolute Gasteiger partial charge is 0.0254 e. The number of thiophene rings is 1. The van der Waals surface area contributed by atoms with Gasteiger partial charge < -0.3 is 5.73 Å². The zero-order valence-corrected chi connectivity index (χ0v) is 10.6. The number of nitrogens with two attached hydrogens (primary N) is 1. The summed E-state index contributed by atoms with van der Waals surface area (Å²) in [4.78, 5) is 1.44. The van der Waals surface area contributed by atoms with Gasteiger partial charge in [0.1, 0.15) is 0 Å². The van der Waals surface area contributed by atoms with Gasteiger partial charge in [-0.15, -0.1) is 11.3 Å². The van der Waals surface area contributed by atoms with Crippen molar-refractivity contribution in [3.63, 3.8) is 0 Å². The van der Waals surface area contributed by atoms with E-state index in [4.69, 9.17) is 5.73 Å². The van der Waals surface area contributed by atoms with Gasteiger partial charge in [-0.05, 0) is 29.7 Å². The molecule has 1 atom stereocenters. The molecular weight excluding hydrogens is 202 g/mol. The van der Waals surface area contributed by atoms with Crippen LogP contribution in [0.5, 0.6) is 0 Å². The third-order valence-corrected chi connectivity index (χ3v) is 4.97. The Hall–Kier alpha value is -0.340. The van der Waals surface area contributed by atoms with Crippen molar-refractivity contribution in [2.45, 2.75) is 51.5 Å². The molecule has 1 aliphatic carbocycles. The third-order valence-electron chi connectivity index (χ3n) is 4.09. The summed E-state index contributed by atoms with van der Waals surface area (Å²) in [6.07, 6.45) is 6.14. The Labute approximate surface area is 96.7 Å². The molecule has 1 fully saturated rings. The topological polar surface area (TPSA) is 26.0 Å². The highest BCUT2D eigenvalue weighted by molar-refractivity contribution is 7.09. The highest BCUT2D eigenvalue weighted by atomic mass is 32.1. The predicted octanol–water partition coefficient (Wildman–Crippen LogP) is 3.59. The molecule has 0 amide bonds. The SMILES string of the molecule is CC1(C)CCCCC1(N)Cc1cccs1. The molecule has 0 saturated heterocycles. The van der Waals surface area contributed by atoms with Gasteiger partial charge in [-0.2, -0.15) is 0 Å². The molecule has 1 unspecified atom stereocenters. The zero-order chi connectivity index (χ0) is 10.9. The minimum absolute atomic E-state index is 0.0100. The first-order valence-electron chi connectivity index (χ1n) is 5.85. The lowest BCUT2D eigenvalue weighted by Gasteiger charge is -2.48. The van der Waals surface area contributed by atoms with Crippen molar-refractivity contribution >= 4 is 11.3 Å². The summed E-state index contributed by atoms with van der Waals surface area (Å²) in [5.74, 6) is 0. The summed E-state index contributed by atoms with van der Waals surface area (Å²) >= 11 is 1.84. The minimum atomic E-state index is 0.0100. The van der Waals surface area contributed by atoms with Crippen molar-refractivity contribution in [3.8, 4) is 0 Å². The molecule has 1 aliphatic rings. The van der Waals surface area contributed by atoms with E-state index >= 15 is 0 Å². The van der Waals surface area contributed by atoms with E-state index in [1.165, 1.54) is 30.6 Å². The minimum Gasteiger partial charge on any atom is -0.324 e. The van der Waals surface area contributed by atoms with Crippen LogP contribution in [0.3, 0.4) is 0 Å². The van der Waals surface area contributed by atoms with Gasteiger partial charge in [0, 0.05) is 16.8 Å². The van der Waals surface area contributed by atoms with Gasteiger partial charge in [0.25, 0.3) is 0 Å². The highest BCUT2D eigenvalue weighted by Crippen LogP contribution is 2.44. The molecule has 1 saturated carbocycles. The standard InChI is InChI=1S/C13H21NS/c1-12(2)7-3-4-8-13(12,14)10-11-6-5-9-15-11/h5-6,9H,3-4,7-8,10,14H2,1-2H3. The van der Waals surface area contributed by atoms with Gasteiger partial charge in [0.2, 0.25) is 0 Å². The van der Waals surface area contributed by atoms with Gasteiger partial charge in [0.15, 0.2) is 0 Å². The van der Waals surface area contributed by atoms with Crippen molar-refractivity contribution in [2.24, 2.45) is 11.1 Å². The molecule has 0 radical (unpaired) electrons. The molecule has 15 heavy (non-hydrogen) atoms.